The average molecular weight is 302 g/mol. The number of benzene rings is 1. The zero-order chi connectivity index (χ0) is 13.9. The van der Waals surface area contributed by atoms with Gasteiger partial charge in [0.15, 0.2) is 0 Å². The lowest BCUT2D eigenvalue weighted by Gasteiger charge is -2.16. The first-order valence-corrected chi connectivity index (χ1v) is 5.43. The lowest BCUT2D eigenvalue weighted by atomic mass is 10.1. The number of nitrogens with one attached hydrogen (secondary N) is 1. The van der Waals surface area contributed by atoms with Crippen molar-refractivity contribution in [1.29, 1.82) is 0 Å². The Morgan fingerprint density at radius 1 is 1.28 bits per heavy atom. The Labute approximate surface area is 110 Å². The Morgan fingerprint density at radius 2 is 1.78 bits per heavy atom. The van der Waals surface area contributed by atoms with Crippen molar-refractivity contribution in [2.75, 3.05) is 6.54 Å². The van der Waals surface area contributed by atoms with Crippen molar-refractivity contribution in [3.63, 3.8) is 0 Å². The summed E-state index contributed by atoms with van der Waals surface area (Å²) in [5.41, 5.74) is 0.0595. The molecule has 1 aromatic rings. The highest BCUT2D eigenvalue weighted by Gasteiger charge is 2.30. The van der Waals surface area contributed by atoms with Crippen LogP contribution >= 0.6 is 23.2 Å². The molecule has 0 bridgehead atoms. The molecular weight excluding hydrogens is 294 g/mol. The van der Waals surface area contributed by atoms with Crippen molar-refractivity contribution in [1.82, 2.24) is 5.32 Å². The van der Waals surface area contributed by atoms with Crippen molar-refractivity contribution < 1.29 is 23.1 Å². The third-order valence-electron chi connectivity index (χ3n) is 1.97. The summed E-state index contributed by atoms with van der Waals surface area (Å²) in [4.78, 5) is 10.9. The van der Waals surface area contributed by atoms with Crippen LogP contribution in [0.15, 0.2) is 18.2 Å². The van der Waals surface area contributed by atoms with E-state index in [1.165, 1.54) is 18.2 Å². The van der Waals surface area contributed by atoms with Gasteiger partial charge in [0, 0.05) is 10.0 Å². The fraction of sp³-hybridized carbons (Fsp3) is 0.300. The number of aliphatic carboxylic acids is 1. The van der Waals surface area contributed by atoms with Crippen LogP contribution in [0.1, 0.15) is 11.6 Å². The van der Waals surface area contributed by atoms with Gasteiger partial charge in [0.05, 0.1) is 6.54 Å². The summed E-state index contributed by atoms with van der Waals surface area (Å²) < 4.78 is 36.1. The van der Waals surface area contributed by atoms with Gasteiger partial charge in [0.1, 0.15) is 6.04 Å². The highest BCUT2D eigenvalue weighted by Crippen LogP contribution is 2.24. The van der Waals surface area contributed by atoms with Crippen molar-refractivity contribution in [2.45, 2.75) is 12.2 Å². The molecule has 0 aromatic heterocycles. The van der Waals surface area contributed by atoms with Crippen LogP contribution in [0.5, 0.6) is 0 Å². The van der Waals surface area contributed by atoms with Crippen LogP contribution in [0.2, 0.25) is 10.0 Å². The van der Waals surface area contributed by atoms with Gasteiger partial charge >= 0.3 is 12.1 Å². The largest absolute Gasteiger partial charge is 0.480 e. The molecule has 0 saturated carbocycles. The Morgan fingerprint density at radius 3 is 2.17 bits per heavy atom. The first kappa shape index (κ1) is 15.1. The van der Waals surface area contributed by atoms with Crippen LogP contribution in [0.4, 0.5) is 13.2 Å². The SMILES string of the molecule is O=C(O)[C@H](NCC(F)(F)F)c1cc(Cl)cc(Cl)c1. The van der Waals surface area contributed by atoms with E-state index in [0.717, 1.165) is 0 Å². The van der Waals surface area contributed by atoms with E-state index in [2.05, 4.69) is 0 Å². The van der Waals surface area contributed by atoms with Crippen molar-refractivity contribution in [2.24, 2.45) is 0 Å². The average Bonchev–Trinajstić information content (AvgIpc) is 2.13. The summed E-state index contributed by atoms with van der Waals surface area (Å²) in [6, 6.07) is 2.32. The summed E-state index contributed by atoms with van der Waals surface area (Å²) >= 11 is 11.3. The van der Waals surface area contributed by atoms with E-state index in [0.29, 0.717) is 0 Å². The minimum absolute atomic E-state index is 0.0595. The van der Waals surface area contributed by atoms with Crippen LogP contribution in [0.25, 0.3) is 0 Å². The van der Waals surface area contributed by atoms with Crippen LogP contribution in [0, 0.1) is 0 Å². The van der Waals surface area contributed by atoms with Crippen LogP contribution in [-0.2, 0) is 4.79 Å². The van der Waals surface area contributed by atoms with Gasteiger partial charge in [-0.05, 0) is 23.8 Å². The second kappa shape index (κ2) is 5.77. The molecule has 8 heteroatoms. The predicted molar refractivity (Wildman–Crippen MR) is 60.9 cm³/mol. The van der Waals surface area contributed by atoms with E-state index in [1.54, 1.807) is 0 Å². The fourth-order valence-corrected chi connectivity index (χ4v) is 1.85. The molecule has 0 fully saturated rings. The molecule has 3 nitrogen and oxygen atoms in total. The maximum Gasteiger partial charge on any atom is 0.401 e. The second-order valence-electron chi connectivity index (χ2n) is 3.47. The molecule has 0 unspecified atom stereocenters. The first-order chi connectivity index (χ1) is 8.19. The summed E-state index contributed by atoms with van der Waals surface area (Å²) in [6.07, 6.45) is -4.50. The van der Waals surface area contributed by atoms with E-state index in [9.17, 15) is 18.0 Å². The molecule has 2 N–H and O–H groups in total. The lowest BCUT2D eigenvalue weighted by molar-refractivity contribution is -0.143. The van der Waals surface area contributed by atoms with Gasteiger partial charge in [-0.25, -0.2) is 0 Å². The Balaban J connectivity index is 2.94. The standard InChI is InChI=1S/C10H8Cl2F3NO2/c11-6-1-5(2-7(12)3-6)8(9(17)18)16-4-10(13,14)15/h1-3,8,16H,4H2,(H,17,18)/t8-/m1/s1. The fourth-order valence-electron chi connectivity index (χ4n) is 1.31. The van der Waals surface area contributed by atoms with Crippen LogP contribution in [0.3, 0.4) is 0 Å². The first-order valence-electron chi connectivity index (χ1n) is 4.68. The number of halogens is 5. The topological polar surface area (TPSA) is 49.3 Å². The van der Waals surface area contributed by atoms with E-state index >= 15 is 0 Å². The molecule has 18 heavy (non-hydrogen) atoms. The van der Waals surface area contributed by atoms with Gasteiger partial charge < -0.3 is 5.11 Å². The van der Waals surface area contributed by atoms with Gasteiger partial charge in [0.25, 0.3) is 0 Å². The number of carboxylic acid groups (broad SMARTS) is 1. The smallest absolute Gasteiger partial charge is 0.401 e. The third kappa shape index (κ3) is 4.72. The number of alkyl halides is 3. The zero-order valence-corrected chi connectivity index (χ0v) is 10.3. The summed E-state index contributed by atoms with van der Waals surface area (Å²) in [5, 5.41) is 11.1. The van der Waals surface area contributed by atoms with E-state index in [4.69, 9.17) is 28.3 Å². The van der Waals surface area contributed by atoms with Crippen molar-refractivity contribution in [3.8, 4) is 0 Å². The van der Waals surface area contributed by atoms with Crippen molar-refractivity contribution in [3.05, 3.63) is 33.8 Å². The molecule has 1 atom stereocenters. The van der Waals surface area contributed by atoms with Crippen LogP contribution in [-0.4, -0.2) is 23.8 Å². The Hall–Kier alpha value is -0.980. The summed E-state index contributed by atoms with van der Waals surface area (Å²) in [5.74, 6) is -1.45. The van der Waals surface area contributed by atoms with Gasteiger partial charge in [-0.15, -0.1) is 0 Å². The minimum atomic E-state index is -4.50. The second-order valence-corrected chi connectivity index (χ2v) is 4.34. The predicted octanol–water partition coefficient (Wildman–Crippen LogP) is 3.27. The normalized spacial score (nSPS) is 13.4. The number of carboxylic acids is 1. The van der Waals surface area contributed by atoms with Gasteiger partial charge in [-0.3, -0.25) is 10.1 Å². The Bertz CT molecular complexity index is 431. The molecule has 0 aliphatic rings. The molecular formula is C10H8Cl2F3NO2. The zero-order valence-electron chi connectivity index (χ0n) is 8.76. The highest BCUT2D eigenvalue weighted by atomic mass is 35.5. The van der Waals surface area contributed by atoms with E-state index in [-0.39, 0.29) is 15.6 Å². The molecule has 0 radical (unpaired) electrons. The minimum Gasteiger partial charge on any atom is -0.480 e. The quantitative estimate of drug-likeness (QED) is 0.897. The van der Waals surface area contributed by atoms with Gasteiger partial charge in [0.2, 0.25) is 0 Å². The molecule has 0 amide bonds. The molecule has 1 rings (SSSR count). The number of carbonyl (C=O) groups is 1. The Kier molecular flexibility index (Phi) is 4.84. The molecule has 100 valence electrons. The molecule has 0 spiro atoms. The van der Waals surface area contributed by atoms with E-state index in [1.807, 2.05) is 5.32 Å². The lowest BCUT2D eigenvalue weighted by Crippen LogP contribution is -2.36. The third-order valence-corrected chi connectivity index (χ3v) is 2.41. The van der Waals surface area contributed by atoms with E-state index < -0.39 is 24.7 Å². The van der Waals surface area contributed by atoms with Crippen LogP contribution < -0.4 is 5.32 Å². The maximum atomic E-state index is 12.0. The summed E-state index contributed by atoms with van der Waals surface area (Å²) in [6.45, 7) is -1.42. The van der Waals surface area contributed by atoms with Crippen molar-refractivity contribution >= 4 is 29.2 Å². The summed E-state index contributed by atoms with van der Waals surface area (Å²) in [7, 11) is 0. The molecule has 0 aliphatic heterocycles. The van der Waals surface area contributed by atoms with Gasteiger partial charge in [-0.1, -0.05) is 23.2 Å². The molecule has 1 aromatic carbocycles. The highest BCUT2D eigenvalue weighted by molar-refractivity contribution is 6.34. The van der Waals surface area contributed by atoms with Gasteiger partial charge in [-0.2, -0.15) is 13.2 Å². The molecule has 0 saturated heterocycles. The monoisotopic (exact) mass is 301 g/mol. The molecule has 0 aliphatic carbocycles. The number of hydrogen-bond donors (Lipinski definition) is 2. The molecule has 0 heterocycles. The number of rotatable bonds is 4. The maximum absolute atomic E-state index is 12.0. The number of hydrogen-bond acceptors (Lipinski definition) is 2.